The Morgan fingerprint density at radius 3 is 2.72 bits per heavy atom. The van der Waals surface area contributed by atoms with E-state index in [4.69, 9.17) is 14.5 Å². The quantitative estimate of drug-likeness (QED) is 0.330. The van der Waals surface area contributed by atoms with Crippen LogP contribution in [0.1, 0.15) is 18.9 Å². The first kappa shape index (κ1) is 20.3. The summed E-state index contributed by atoms with van der Waals surface area (Å²) >= 11 is 4.59. The summed E-state index contributed by atoms with van der Waals surface area (Å²) in [5.74, 6) is 1.41. The lowest BCUT2D eigenvalue weighted by molar-refractivity contribution is -0.139. The van der Waals surface area contributed by atoms with Crippen LogP contribution in [-0.2, 0) is 16.0 Å². The largest absolute Gasteiger partial charge is 0.497 e. The van der Waals surface area contributed by atoms with Gasteiger partial charge in [0.05, 0.1) is 29.5 Å². The Balaban J connectivity index is 1.93. The third kappa shape index (κ3) is 3.78. The third-order valence-corrected chi connectivity index (χ3v) is 8.26. The van der Waals surface area contributed by atoms with Gasteiger partial charge in [0, 0.05) is 0 Å². The lowest BCUT2D eigenvalue weighted by atomic mass is 10.1. The Bertz CT molecular complexity index is 1120. The summed E-state index contributed by atoms with van der Waals surface area (Å²) < 4.78 is 12.9. The van der Waals surface area contributed by atoms with Crippen LogP contribution < -0.4 is 10.3 Å². The number of thiophene rings is 1. The topological polar surface area (TPSA) is 70.4 Å². The number of benzene rings is 1. The first-order valence-corrected chi connectivity index (χ1v) is 11.8. The Morgan fingerprint density at radius 1 is 1.28 bits per heavy atom. The second kappa shape index (κ2) is 8.41. The van der Waals surface area contributed by atoms with Crippen molar-refractivity contribution >= 4 is 51.0 Å². The van der Waals surface area contributed by atoms with Gasteiger partial charge in [0.2, 0.25) is 0 Å². The fraction of sp³-hybridized carbons (Fsp3) is 0.350. The van der Waals surface area contributed by atoms with E-state index in [2.05, 4.69) is 0 Å². The number of carbonyl (C=O) groups is 1. The average molecular weight is 449 g/mol. The molecule has 9 heteroatoms. The van der Waals surface area contributed by atoms with Crippen LogP contribution in [0.5, 0.6) is 5.75 Å². The Labute approximate surface area is 180 Å². The number of aromatic nitrogens is 2. The number of hydrogen-bond acceptors (Lipinski definition) is 8. The van der Waals surface area contributed by atoms with Gasteiger partial charge in [-0.15, -0.1) is 23.1 Å². The van der Waals surface area contributed by atoms with Crippen LogP contribution >= 0.6 is 34.9 Å². The molecule has 0 aliphatic carbocycles. The number of thioether (sulfide) groups is 2. The zero-order valence-electron chi connectivity index (χ0n) is 16.3. The van der Waals surface area contributed by atoms with Gasteiger partial charge in [-0.05, 0) is 55.3 Å². The van der Waals surface area contributed by atoms with Crippen LogP contribution in [0.3, 0.4) is 0 Å². The highest BCUT2D eigenvalue weighted by molar-refractivity contribution is 8.01. The van der Waals surface area contributed by atoms with Gasteiger partial charge in [0.15, 0.2) is 5.16 Å². The van der Waals surface area contributed by atoms with Gasteiger partial charge in [-0.1, -0.05) is 11.8 Å². The third-order valence-electron chi connectivity index (χ3n) is 4.71. The molecule has 3 aromatic rings. The van der Waals surface area contributed by atoms with Crippen LogP contribution in [0.4, 0.5) is 0 Å². The van der Waals surface area contributed by atoms with Crippen LogP contribution in [0.2, 0.25) is 0 Å². The maximum absolute atomic E-state index is 13.6. The molecule has 1 atom stereocenters. The number of nitrogens with zero attached hydrogens (tertiary/aromatic N) is 2. The molecule has 1 unspecified atom stereocenters. The lowest BCUT2D eigenvalue weighted by Crippen LogP contribution is -2.24. The molecule has 2 aromatic heterocycles. The number of fused-ring (bicyclic) bond motifs is 3. The van der Waals surface area contributed by atoms with E-state index in [1.54, 1.807) is 41.7 Å². The van der Waals surface area contributed by atoms with Crippen LogP contribution in [0.25, 0.3) is 15.9 Å². The SMILES string of the molecule is COC(=O)C(C)Sc1nc2sc3c(c2c(=O)n1-c1ccc(OC)cc1)CCCS3. The molecule has 0 N–H and O–H groups in total. The molecular formula is C20H20N2O4S3. The number of esters is 1. The van der Waals surface area contributed by atoms with Gasteiger partial charge < -0.3 is 9.47 Å². The van der Waals surface area contributed by atoms with Crippen molar-refractivity contribution in [2.75, 3.05) is 20.0 Å². The normalized spacial score (nSPS) is 14.4. The van der Waals surface area contributed by atoms with Gasteiger partial charge >= 0.3 is 5.97 Å². The molecule has 0 fully saturated rings. The molecule has 0 saturated heterocycles. The number of aryl methyl sites for hydroxylation is 1. The first-order chi connectivity index (χ1) is 14.0. The minimum Gasteiger partial charge on any atom is -0.497 e. The molecule has 0 saturated carbocycles. The van der Waals surface area contributed by atoms with E-state index in [1.165, 1.54) is 23.1 Å². The van der Waals surface area contributed by atoms with Crippen molar-refractivity contribution < 1.29 is 14.3 Å². The zero-order chi connectivity index (χ0) is 20.5. The van der Waals surface area contributed by atoms with Gasteiger partial charge in [-0.25, -0.2) is 4.98 Å². The maximum Gasteiger partial charge on any atom is 0.318 e. The van der Waals surface area contributed by atoms with Gasteiger partial charge in [0.1, 0.15) is 15.8 Å². The molecule has 0 amide bonds. The fourth-order valence-electron chi connectivity index (χ4n) is 3.23. The predicted octanol–water partition coefficient (Wildman–Crippen LogP) is 4.15. The Hall–Kier alpha value is -1.97. The van der Waals surface area contributed by atoms with E-state index in [0.717, 1.165) is 29.0 Å². The summed E-state index contributed by atoms with van der Waals surface area (Å²) in [5.41, 5.74) is 1.70. The van der Waals surface area contributed by atoms with Crippen LogP contribution in [0, 0.1) is 0 Å². The monoisotopic (exact) mass is 448 g/mol. The molecule has 1 aromatic carbocycles. The summed E-state index contributed by atoms with van der Waals surface area (Å²) in [6.07, 6.45) is 1.95. The summed E-state index contributed by atoms with van der Waals surface area (Å²) in [6.45, 7) is 1.75. The minimum atomic E-state index is -0.488. The summed E-state index contributed by atoms with van der Waals surface area (Å²) in [6, 6.07) is 7.27. The maximum atomic E-state index is 13.6. The van der Waals surface area contributed by atoms with E-state index < -0.39 is 5.25 Å². The molecule has 152 valence electrons. The van der Waals surface area contributed by atoms with Gasteiger partial charge in [-0.3, -0.25) is 14.2 Å². The Morgan fingerprint density at radius 2 is 2.03 bits per heavy atom. The van der Waals surface area contributed by atoms with Crippen molar-refractivity contribution in [1.82, 2.24) is 9.55 Å². The van der Waals surface area contributed by atoms with Crippen molar-refractivity contribution in [3.63, 3.8) is 0 Å². The summed E-state index contributed by atoms with van der Waals surface area (Å²) in [7, 11) is 2.96. The van der Waals surface area contributed by atoms with Gasteiger partial charge in [-0.2, -0.15) is 0 Å². The van der Waals surface area contributed by atoms with E-state index in [1.807, 2.05) is 24.3 Å². The molecule has 4 rings (SSSR count). The zero-order valence-corrected chi connectivity index (χ0v) is 18.7. The predicted molar refractivity (Wildman–Crippen MR) is 118 cm³/mol. The van der Waals surface area contributed by atoms with Crippen LogP contribution in [-0.4, -0.2) is 40.7 Å². The van der Waals surface area contributed by atoms with Crippen molar-refractivity contribution in [1.29, 1.82) is 0 Å². The number of carbonyl (C=O) groups excluding carboxylic acids is 1. The number of ether oxygens (including phenoxy) is 2. The molecule has 6 nitrogen and oxygen atoms in total. The molecule has 0 spiro atoms. The average Bonchev–Trinajstić information content (AvgIpc) is 3.12. The fourth-order valence-corrected chi connectivity index (χ4v) is 6.76. The van der Waals surface area contributed by atoms with Crippen molar-refractivity contribution in [3.05, 3.63) is 40.2 Å². The highest BCUT2D eigenvalue weighted by Gasteiger charge is 2.25. The second-order valence-electron chi connectivity index (χ2n) is 6.52. The van der Waals surface area contributed by atoms with Crippen molar-refractivity contribution in [2.45, 2.75) is 34.4 Å². The smallest absolute Gasteiger partial charge is 0.318 e. The summed E-state index contributed by atoms with van der Waals surface area (Å²) in [5, 5.41) is 0.690. The highest BCUT2D eigenvalue weighted by atomic mass is 32.2. The number of methoxy groups -OCH3 is 2. The molecule has 1 aliphatic heterocycles. The van der Waals surface area contributed by atoms with E-state index in [0.29, 0.717) is 22.0 Å². The highest BCUT2D eigenvalue weighted by Crippen LogP contribution is 2.41. The molecule has 3 heterocycles. The number of rotatable bonds is 5. The van der Waals surface area contributed by atoms with Crippen LogP contribution in [0.15, 0.2) is 38.4 Å². The van der Waals surface area contributed by atoms with E-state index >= 15 is 0 Å². The minimum absolute atomic E-state index is 0.0975. The van der Waals surface area contributed by atoms with E-state index in [-0.39, 0.29) is 11.5 Å². The van der Waals surface area contributed by atoms with Gasteiger partial charge in [0.25, 0.3) is 5.56 Å². The molecule has 0 bridgehead atoms. The van der Waals surface area contributed by atoms with Crippen molar-refractivity contribution in [3.8, 4) is 11.4 Å². The second-order valence-corrected chi connectivity index (χ2v) is 10.2. The molecular weight excluding hydrogens is 428 g/mol. The molecule has 29 heavy (non-hydrogen) atoms. The first-order valence-electron chi connectivity index (χ1n) is 9.13. The Kier molecular flexibility index (Phi) is 5.89. The summed E-state index contributed by atoms with van der Waals surface area (Å²) in [4.78, 5) is 31.1. The molecule has 1 aliphatic rings. The lowest BCUT2D eigenvalue weighted by Gasteiger charge is -2.15. The van der Waals surface area contributed by atoms with E-state index in [9.17, 15) is 9.59 Å². The standard InChI is InChI=1S/C20H20N2O4S3/c1-11(18(24)26-3)28-20-21-16-15(14-5-4-10-27-19(14)29-16)17(23)22(20)12-6-8-13(25-2)9-7-12/h6-9,11H,4-5,10H2,1-3H3. The van der Waals surface area contributed by atoms with Crippen molar-refractivity contribution in [2.24, 2.45) is 0 Å². The molecule has 0 radical (unpaired) electrons. The number of hydrogen-bond donors (Lipinski definition) is 0.